The van der Waals surface area contributed by atoms with Crippen LogP contribution in [-0.2, 0) is 16.8 Å². The van der Waals surface area contributed by atoms with Gasteiger partial charge in [0.05, 0.1) is 25.7 Å². The molecule has 3 atom stereocenters. The van der Waals surface area contributed by atoms with Gasteiger partial charge < -0.3 is 14.5 Å². The first kappa shape index (κ1) is 36.7. The van der Waals surface area contributed by atoms with Gasteiger partial charge in [-0.15, -0.1) is 0 Å². The summed E-state index contributed by atoms with van der Waals surface area (Å²) in [5.41, 5.74) is 11.2. The van der Waals surface area contributed by atoms with Crippen molar-refractivity contribution < 1.29 is 4.74 Å². The molecule has 0 radical (unpaired) electrons. The second-order valence-corrected chi connectivity index (χ2v) is 15.0. The summed E-state index contributed by atoms with van der Waals surface area (Å²) in [6.07, 6.45) is 6.83. The zero-order valence-corrected chi connectivity index (χ0v) is 32.0. The molecule has 10 heteroatoms. The molecule has 3 aliphatic rings. The third-order valence-electron chi connectivity index (χ3n) is 10.6. The van der Waals surface area contributed by atoms with E-state index in [-0.39, 0.29) is 0 Å². The molecule has 3 heterocycles. The lowest BCUT2D eigenvalue weighted by molar-refractivity contribution is -0.0765. The first-order valence-electron chi connectivity index (χ1n) is 18.5. The van der Waals surface area contributed by atoms with Gasteiger partial charge in [0, 0.05) is 60.0 Å². The summed E-state index contributed by atoms with van der Waals surface area (Å²) in [6, 6.07) is 22.3. The minimum Gasteiger partial charge on any atom is -0.368 e. The monoisotopic (exact) mass is 710 g/mol. The molecule has 1 N–H and O–H groups in total. The van der Waals surface area contributed by atoms with Crippen LogP contribution < -0.4 is 20.1 Å². The van der Waals surface area contributed by atoms with E-state index in [1.165, 1.54) is 22.5 Å². The Balaban J connectivity index is 0.990. The lowest BCUT2D eigenvalue weighted by Gasteiger charge is -2.37. The number of hydrogen-bond donors (Lipinski definition) is 1. The van der Waals surface area contributed by atoms with Crippen molar-refractivity contribution in [1.29, 1.82) is 0 Å². The predicted octanol–water partition coefficient (Wildman–Crippen LogP) is 7.93. The Morgan fingerprint density at radius 1 is 0.922 bits per heavy atom. The lowest BCUT2D eigenvalue weighted by Crippen LogP contribution is -2.46. The van der Waals surface area contributed by atoms with Gasteiger partial charge in [-0.2, -0.15) is 10.2 Å². The van der Waals surface area contributed by atoms with Crippen LogP contribution in [0.25, 0.3) is 0 Å². The van der Waals surface area contributed by atoms with Crippen molar-refractivity contribution in [3.8, 4) is 0 Å². The van der Waals surface area contributed by atoms with Crippen LogP contribution in [0.2, 0.25) is 5.02 Å². The van der Waals surface area contributed by atoms with Crippen molar-refractivity contribution in [3.63, 3.8) is 0 Å². The quantitative estimate of drug-likeness (QED) is 0.182. The van der Waals surface area contributed by atoms with Crippen LogP contribution >= 0.6 is 11.6 Å². The number of benzene rings is 3. The third-order valence-corrected chi connectivity index (χ3v) is 10.9. The number of piperazine rings is 1. The molecule has 0 aliphatic carbocycles. The smallest absolute Gasteiger partial charge is 0.128 e. The summed E-state index contributed by atoms with van der Waals surface area (Å²) in [7, 11) is 0. The van der Waals surface area contributed by atoms with Gasteiger partial charge in [-0.05, 0) is 112 Å². The predicted molar refractivity (Wildman–Crippen MR) is 214 cm³/mol. The molecule has 3 aromatic carbocycles. The highest BCUT2D eigenvalue weighted by molar-refractivity contribution is 6.31. The Bertz CT molecular complexity index is 1720. The first-order chi connectivity index (χ1) is 24.5. The molecular weight excluding hydrogens is 656 g/mol. The van der Waals surface area contributed by atoms with Gasteiger partial charge in [-0.3, -0.25) is 4.90 Å². The molecule has 0 bridgehead atoms. The fraction of sp³-hybridized carbons (Fsp3) is 0.463. The molecule has 272 valence electrons. The molecule has 6 rings (SSSR count). The Labute approximate surface area is 310 Å². The van der Waals surface area contributed by atoms with Crippen LogP contribution in [0.1, 0.15) is 62.8 Å². The molecule has 0 spiro atoms. The maximum Gasteiger partial charge on any atom is 0.128 e. The van der Waals surface area contributed by atoms with Gasteiger partial charge in [0.2, 0.25) is 0 Å². The van der Waals surface area contributed by atoms with Crippen molar-refractivity contribution in [1.82, 2.24) is 15.6 Å². The molecule has 0 amide bonds. The number of hydrazine groups is 1. The summed E-state index contributed by atoms with van der Waals surface area (Å²) in [5, 5.41) is 13.6. The fourth-order valence-corrected chi connectivity index (χ4v) is 7.52. The lowest BCUT2D eigenvalue weighted by atomic mass is 9.93. The Hall–Kier alpha value is -4.05. The van der Waals surface area contributed by atoms with E-state index < -0.39 is 5.60 Å². The number of nitrogens with one attached hydrogen (secondary N) is 1. The van der Waals surface area contributed by atoms with E-state index in [0.29, 0.717) is 25.1 Å². The fourth-order valence-electron chi connectivity index (χ4n) is 7.09. The maximum atomic E-state index is 6.75. The van der Waals surface area contributed by atoms with Gasteiger partial charge >= 0.3 is 0 Å². The van der Waals surface area contributed by atoms with Gasteiger partial charge in [-0.1, -0.05) is 50.2 Å². The minimum absolute atomic E-state index is 0.329. The molecule has 51 heavy (non-hydrogen) atoms. The van der Waals surface area contributed by atoms with Gasteiger partial charge in [0.15, 0.2) is 0 Å². The molecule has 3 aromatic rings. The number of aryl methyl sites for hydroxylation is 3. The Morgan fingerprint density at radius 2 is 1.61 bits per heavy atom. The molecule has 3 unspecified atom stereocenters. The van der Waals surface area contributed by atoms with Crippen LogP contribution in [-0.4, -0.2) is 74.6 Å². The second kappa shape index (κ2) is 16.1. The van der Waals surface area contributed by atoms with E-state index in [1.807, 2.05) is 28.7 Å². The highest BCUT2D eigenvalue weighted by Crippen LogP contribution is 2.34. The Morgan fingerprint density at radius 3 is 2.25 bits per heavy atom. The van der Waals surface area contributed by atoms with E-state index in [1.54, 1.807) is 0 Å². The minimum atomic E-state index is -0.604. The first-order valence-corrected chi connectivity index (χ1v) is 18.9. The van der Waals surface area contributed by atoms with E-state index in [4.69, 9.17) is 16.3 Å². The highest BCUT2D eigenvalue weighted by Gasteiger charge is 2.34. The van der Waals surface area contributed by atoms with Gasteiger partial charge in [0.1, 0.15) is 17.8 Å². The van der Waals surface area contributed by atoms with Crippen molar-refractivity contribution in [2.45, 2.75) is 72.4 Å². The molecule has 0 saturated carbocycles. The zero-order chi connectivity index (χ0) is 36.1. The third kappa shape index (κ3) is 8.54. The van der Waals surface area contributed by atoms with Crippen molar-refractivity contribution >= 4 is 41.2 Å². The summed E-state index contributed by atoms with van der Waals surface area (Å²) in [6.45, 7) is 23.2. The number of halogens is 1. The zero-order valence-electron chi connectivity index (χ0n) is 31.3. The standard InChI is InChI=1S/C41H55ClN8O/c1-8-33(5)50-34(6)48(29-45-50)37-16-14-36(15-17-37)46-21-23-47(24-22-46)38-13-12-35(32(4)26-38)11-9-31(3)27-51-41(7,28-49-43-19-20-44-49)39-18-10-30(2)25-40(39)42/h10,12-19,25-26,29,31,33,44H,6,8-9,11,20-24,27-28H2,1-5,7H3. The summed E-state index contributed by atoms with van der Waals surface area (Å²) in [5.74, 6) is 1.28. The molecule has 0 aromatic heterocycles. The van der Waals surface area contributed by atoms with Crippen molar-refractivity contribution in [2.75, 3.05) is 60.6 Å². The highest BCUT2D eigenvalue weighted by atomic mass is 35.5. The molecular formula is C41H55ClN8O. The van der Waals surface area contributed by atoms with Crippen LogP contribution in [0.4, 0.5) is 17.1 Å². The molecule has 1 fully saturated rings. The maximum absolute atomic E-state index is 6.75. The molecule has 9 nitrogen and oxygen atoms in total. The number of ether oxygens (including phenoxy) is 1. The van der Waals surface area contributed by atoms with Crippen LogP contribution in [0.3, 0.4) is 0 Å². The second-order valence-electron chi connectivity index (χ2n) is 14.6. The van der Waals surface area contributed by atoms with Crippen molar-refractivity contribution in [3.05, 3.63) is 100 Å². The number of anilines is 3. The van der Waals surface area contributed by atoms with E-state index in [9.17, 15) is 0 Å². The normalized spacial score (nSPS) is 18.6. The number of hydrazone groups is 2. The average Bonchev–Trinajstić information content (AvgIpc) is 3.79. The number of nitrogens with zero attached hydrogens (tertiary/aromatic N) is 7. The SMILES string of the molecule is C=C1N(c2ccc(N3CCN(c4ccc(CCC(C)COC(C)(CN5N=CCN5)c5ccc(C)cc5Cl)c(C)c4)CC3)cc2)C=NN1C(C)CC. The van der Waals surface area contributed by atoms with E-state index in [0.717, 1.165) is 79.6 Å². The van der Waals surface area contributed by atoms with Crippen LogP contribution in [0.15, 0.2) is 83.3 Å². The summed E-state index contributed by atoms with van der Waals surface area (Å²) >= 11 is 6.75. The molecule has 1 saturated heterocycles. The largest absolute Gasteiger partial charge is 0.368 e. The van der Waals surface area contributed by atoms with Crippen LogP contribution in [0.5, 0.6) is 0 Å². The number of hydrogen-bond acceptors (Lipinski definition) is 9. The summed E-state index contributed by atoms with van der Waals surface area (Å²) in [4.78, 5) is 7.07. The molecule has 3 aliphatic heterocycles. The summed E-state index contributed by atoms with van der Waals surface area (Å²) < 4.78 is 6.70. The van der Waals surface area contributed by atoms with E-state index in [2.05, 4.69) is 133 Å². The average molecular weight is 711 g/mol. The van der Waals surface area contributed by atoms with Crippen molar-refractivity contribution in [2.24, 2.45) is 16.1 Å². The van der Waals surface area contributed by atoms with E-state index >= 15 is 0 Å². The van der Waals surface area contributed by atoms with Crippen LogP contribution in [0, 0.1) is 19.8 Å². The Kier molecular flexibility index (Phi) is 11.6. The topological polar surface area (TPSA) is 62.2 Å². The van der Waals surface area contributed by atoms with Gasteiger partial charge in [-0.25, -0.2) is 15.6 Å². The van der Waals surface area contributed by atoms with Gasteiger partial charge in [0.25, 0.3) is 0 Å². The number of rotatable bonds is 14.